The molecule has 0 aliphatic carbocycles. The summed E-state index contributed by atoms with van der Waals surface area (Å²) in [5.74, 6) is 0.609. The SMILES string of the molecule is CN=C(NCCS(=O)(=O)c1ccccc1)NCc1ccc(CN2CCCC2)cc1. The zero-order valence-electron chi connectivity index (χ0n) is 17.0. The average Bonchev–Trinajstić information content (AvgIpc) is 3.25. The van der Waals surface area contributed by atoms with Crippen LogP contribution in [0.15, 0.2) is 64.5 Å². The molecule has 0 bridgehead atoms. The molecule has 156 valence electrons. The van der Waals surface area contributed by atoms with Gasteiger partial charge in [0.1, 0.15) is 0 Å². The zero-order valence-corrected chi connectivity index (χ0v) is 17.8. The van der Waals surface area contributed by atoms with E-state index >= 15 is 0 Å². The number of benzene rings is 2. The quantitative estimate of drug-likeness (QED) is 0.513. The maximum absolute atomic E-state index is 12.3. The van der Waals surface area contributed by atoms with E-state index in [1.807, 2.05) is 6.07 Å². The monoisotopic (exact) mass is 414 g/mol. The molecule has 1 saturated heterocycles. The second-order valence-electron chi connectivity index (χ2n) is 7.28. The number of guanidine groups is 1. The van der Waals surface area contributed by atoms with Crippen molar-refractivity contribution >= 4 is 15.8 Å². The van der Waals surface area contributed by atoms with Crippen LogP contribution in [0.1, 0.15) is 24.0 Å². The van der Waals surface area contributed by atoms with Gasteiger partial charge in [-0.05, 0) is 49.2 Å². The number of hydrogen-bond acceptors (Lipinski definition) is 4. The van der Waals surface area contributed by atoms with E-state index < -0.39 is 9.84 Å². The molecule has 3 rings (SSSR count). The summed E-state index contributed by atoms with van der Waals surface area (Å²) in [7, 11) is -1.61. The molecule has 2 aromatic rings. The molecule has 2 aromatic carbocycles. The smallest absolute Gasteiger partial charge is 0.191 e. The van der Waals surface area contributed by atoms with Crippen molar-refractivity contribution in [2.45, 2.75) is 30.8 Å². The second kappa shape index (κ2) is 10.4. The molecule has 1 aliphatic heterocycles. The Morgan fingerprint density at radius 2 is 1.62 bits per heavy atom. The Labute approximate surface area is 174 Å². The average molecular weight is 415 g/mol. The number of rotatable bonds is 8. The van der Waals surface area contributed by atoms with Crippen molar-refractivity contribution in [3.8, 4) is 0 Å². The Bertz CT molecular complexity index is 890. The molecule has 6 nitrogen and oxygen atoms in total. The Balaban J connectivity index is 1.43. The maximum atomic E-state index is 12.3. The van der Waals surface area contributed by atoms with Gasteiger partial charge in [-0.1, -0.05) is 42.5 Å². The first-order chi connectivity index (χ1) is 14.1. The van der Waals surface area contributed by atoms with E-state index in [2.05, 4.69) is 44.8 Å². The van der Waals surface area contributed by atoms with E-state index in [1.165, 1.54) is 31.5 Å². The van der Waals surface area contributed by atoms with Crippen molar-refractivity contribution in [3.63, 3.8) is 0 Å². The summed E-state index contributed by atoms with van der Waals surface area (Å²) in [4.78, 5) is 7.01. The lowest BCUT2D eigenvalue weighted by atomic mass is 10.1. The van der Waals surface area contributed by atoms with Crippen molar-refractivity contribution in [2.75, 3.05) is 32.4 Å². The first kappa shape index (κ1) is 21.3. The molecule has 0 saturated carbocycles. The minimum Gasteiger partial charge on any atom is -0.355 e. The van der Waals surface area contributed by atoms with Crippen LogP contribution in [-0.4, -0.2) is 51.7 Å². The summed E-state index contributed by atoms with van der Waals surface area (Å²) < 4.78 is 24.7. The van der Waals surface area contributed by atoms with Gasteiger partial charge in [0.15, 0.2) is 15.8 Å². The first-order valence-corrected chi connectivity index (χ1v) is 11.7. The highest BCUT2D eigenvalue weighted by atomic mass is 32.2. The molecule has 1 fully saturated rings. The lowest BCUT2D eigenvalue weighted by molar-refractivity contribution is 0.331. The Morgan fingerprint density at radius 1 is 0.966 bits per heavy atom. The summed E-state index contributed by atoms with van der Waals surface area (Å²) in [6.07, 6.45) is 2.61. The van der Waals surface area contributed by atoms with Crippen LogP contribution in [-0.2, 0) is 22.9 Å². The highest BCUT2D eigenvalue weighted by molar-refractivity contribution is 7.91. The lowest BCUT2D eigenvalue weighted by Gasteiger charge is -2.15. The number of aliphatic imine (C=N–C) groups is 1. The van der Waals surface area contributed by atoms with Gasteiger partial charge < -0.3 is 10.6 Å². The molecule has 29 heavy (non-hydrogen) atoms. The summed E-state index contributed by atoms with van der Waals surface area (Å²) in [5, 5.41) is 6.32. The van der Waals surface area contributed by atoms with Gasteiger partial charge >= 0.3 is 0 Å². The van der Waals surface area contributed by atoms with Gasteiger partial charge in [0.2, 0.25) is 0 Å². The number of sulfone groups is 1. The molecule has 0 amide bonds. The van der Waals surface area contributed by atoms with Crippen molar-refractivity contribution in [1.82, 2.24) is 15.5 Å². The number of nitrogens with one attached hydrogen (secondary N) is 2. The molecule has 1 aliphatic rings. The number of hydrogen-bond donors (Lipinski definition) is 2. The first-order valence-electron chi connectivity index (χ1n) is 10.1. The summed E-state index contributed by atoms with van der Waals surface area (Å²) in [6, 6.07) is 17.1. The topological polar surface area (TPSA) is 73.8 Å². The normalized spacial score (nSPS) is 15.4. The molecular formula is C22H30N4O2S. The van der Waals surface area contributed by atoms with Crippen LogP contribution < -0.4 is 10.6 Å². The minimum absolute atomic E-state index is 0.0168. The van der Waals surface area contributed by atoms with E-state index in [-0.39, 0.29) is 5.75 Å². The predicted molar refractivity (Wildman–Crippen MR) is 118 cm³/mol. The molecule has 0 radical (unpaired) electrons. The molecule has 7 heteroatoms. The fraction of sp³-hybridized carbons (Fsp3) is 0.409. The standard InChI is InChI=1S/C22H30N4O2S/c1-23-22(24-13-16-29(27,28)21-7-3-2-4-8-21)25-17-19-9-11-20(12-10-19)18-26-14-5-6-15-26/h2-4,7-12H,5-6,13-18H2,1H3,(H2,23,24,25). The van der Waals surface area contributed by atoms with Crippen LogP contribution in [0.25, 0.3) is 0 Å². The third-order valence-electron chi connectivity index (χ3n) is 5.08. The summed E-state index contributed by atoms with van der Waals surface area (Å²) in [5.41, 5.74) is 2.50. The van der Waals surface area contributed by atoms with Crippen molar-refractivity contribution < 1.29 is 8.42 Å². The highest BCUT2D eigenvalue weighted by Crippen LogP contribution is 2.13. The lowest BCUT2D eigenvalue weighted by Crippen LogP contribution is -2.39. The Hall–Kier alpha value is -2.38. The van der Waals surface area contributed by atoms with Crippen LogP contribution in [0.5, 0.6) is 0 Å². The Morgan fingerprint density at radius 3 is 2.28 bits per heavy atom. The molecule has 0 atom stereocenters. The third kappa shape index (κ3) is 6.58. The van der Waals surface area contributed by atoms with Crippen LogP contribution in [0, 0.1) is 0 Å². The van der Waals surface area contributed by atoms with Crippen LogP contribution in [0.3, 0.4) is 0 Å². The fourth-order valence-electron chi connectivity index (χ4n) is 3.42. The van der Waals surface area contributed by atoms with Gasteiger partial charge in [0, 0.05) is 26.7 Å². The number of nitrogens with zero attached hydrogens (tertiary/aromatic N) is 2. The van der Waals surface area contributed by atoms with E-state index in [4.69, 9.17) is 0 Å². The Kier molecular flexibility index (Phi) is 7.66. The van der Waals surface area contributed by atoms with Crippen LogP contribution in [0.2, 0.25) is 0 Å². The van der Waals surface area contributed by atoms with Crippen molar-refractivity contribution in [1.29, 1.82) is 0 Å². The van der Waals surface area contributed by atoms with Gasteiger partial charge in [-0.2, -0.15) is 0 Å². The van der Waals surface area contributed by atoms with Crippen LogP contribution in [0.4, 0.5) is 0 Å². The fourth-order valence-corrected chi connectivity index (χ4v) is 4.60. The molecule has 2 N–H and O–H groups in total. The van der Waals surface area contributed by atoms with E-state index in [1.54, 1.807) is 31.3 Å². The van der Waals surface area contributed by atoms with Gasteiger partial charge in [0.25, 0.3) is 0 Å². The van der Waals surface area contributed by atoms with Crippen molar-refractivity contribution in [3.05, 3.63) is 65.7 Å². The molecule has 0 unspecified atom stereocenters. The molecule has 0 aromatic heterocycles. The van der Waals surface area contributed by atoms with E-state index in [9.17, 15) is 8.42 Å². The largest absolute Gasteiger partial charge is 0.355 e. The van der Waals surface area contributed by atoms with E-state index in [0.717, 1.165) is 12.1 Å². The van der Waals surface area contributed by atoms with E-state index in [0.29, 0.717) is 23.9 Å². The van der Waals surface area contributed by atoms with Gasteiger partial charge in [-0.3, -0.25) is 9.89 Å². The highest BCUT2D eigenvalue weighted by Gasteiger charge is 2.14. The van der Waals surface area contributed by atoms with Gasteiger partial charge in [0.05, 0.1) is 10.6 Å². The summed E-state index contributed by atoms with van der Waals surface area (Å²) >= 11 is 0. The third-order valence-corrected chi connectivity index (χ3v) is 6.81. The predicted octanol–water partition coefficient (Wildman–Crippen LogP) is 2.42. The minimum atomic E-state index is -3.30. The number of likely N-dealkylation sites (tertiary alicyclic amines) is 1. The molecule has 1 heterocycles. The zero-order chi connectivity index (χ0) is 20.5. The van der Waals surface area contributed by atoms with Gasteiger partial charge in [-0.25, -0.2) is 8.42 Å². The van der Waals surface area contributed by atoms with Gasteiger partial charge in [-0.15, -0.1) is 0 Å². The van der Waals surface area contributed by atoms with Crippen molar-refractivity contribution in [2.24, 2.45) is 4.99 Å². The van der Waals surface area contributed by atoms with Crippen LogP contribution >= 0.6 is 0 Å². The second-order valence-corrected chi connectivity index (χ2v) is 9.39. The molecule has 0 spiro atoms. The molecular weight excluding hydrogens is 384 g/mol. The summed E-state index contributed by atoms with van der Waals surface area (Å²) in [6.45, 7) is 4.35. The maximum Gasteiger partial charge on any atom is 0.191 e.